The normalized spacial score (nSPS) is 28.1. The van der Waals surface area contributed by atoms with E-state index in [1.807, 2.05) is 43.5 Å². The average molecular weight is 390 g/mol. The van der Waals surface area contributed by atoms with E-state index >= 15 is 0 Å². The van der Waals surface area contributed by atoms with Gasteiger partial charge >= 0.3 is 0 Å². The lowest BCUT2D eigenvalue weighted by molar-refractivity contribution is -0.128. The molecule has 2 bridgehead atoms. The molecule has 0 saturated heterocycles. The lowest BCUT2D eigenvalue weighted by Crippen LogP contribution is -2.49. The summed E-state index contributed by atoms with van der Waals surface area (Å²) in [4.78, 5) is 12.8. The highest BCUT2D eigenvalue weighted by Gasteiger charge is 2.40. The molecule has 146 valence electrons. The molecule has 0 spiro atoms. The van der Waals surface area contributed by atoms with Gasteiger partial charge in [-0.25, -0.2) is 4.68 Å². The largest absolute Gasteiger partial charge is 0.348 e. The van der Waals surface area contributed by atoms with E-state index in [4.69, 9.17) is 5.73 Å². The summed E-state index contributed by atoms with van der Waals surface area (Å²) in [5.74, 6) is 1.23. The van der Waals surface area contributed by atoms with Crippen LogP contribution in [0.5, 0.6) is 0 Å². The van der Waals surface area contributed by atoms with Crippen LogP contribution in [0.15, 0.2) is 36.5 Å². The molecule has 2 aromatic rings. The molecule has 2 saturated carbocycles. The van der Waals surface area contributed by atoms with Crippen LogP contribution in [0.2, 0.25) is 0 Å². The Balaban J connectivity index is 0.00000210. The van der Waals surface area contributed by atoms with Gasteiger partial charge in [0, 0.05) is 12.0 Å². The Kier molecular flexibility index (Phi) is 6.17. The second kappa shape index (κ2) is 8.40. The number of aromatic nitrogens is 3. The molecular formula is C20H28ClN5O. The first kappa shape index (κ1) is 19.8. The number of halogens is 1. The van der Waals surface area contributed by atoms with Gasteiger partial charge in [0.1, 0.15) is 5.69 Å². The number of carbonyl (C=O) groups excluding carboxylic acids is 1. The molecule has 2 aliphatic carbocycles. The first-order valence-corrected chi connectivity index (χ1v) is 9.65. The topological polar surface area (TPSA) is 85.8 Å². The number of nitrogens with zero attached hydrogens (tertiary/aromatic N) is 3. The third kappa shape index (κ3) is 4.17. The summed E-state index contributed by atoms with van der Waals surface area (Å²) in [6, 6.07) is 9.98. The Labute approximate surface area is 166 Å². The number of nitrogens with two attached hydrogens (primary N) is 1. The van der Waals surface area contributed by atoms with Crippen LogP contribution in [0.4, 0.5) is 0 Å². The molecule has 4 rings (SSSR count). The number of rotatable bonds is 4. The van der Waals surface area contributed by atoms with Crippen molar-refractivity contribution in [2.45, 2.75) is 51.1 Å². The van der Waals surface area contributed by atoms with Gasteiger partial charge in [0.2, 0.25) is 5.91 Å². The highest BCUT2D eigenvalue weighted by atomic mass is 35.5. The monoisotopic (exact) mass is 389 g/mol. The maximum Gasteiger partial charge on any atom is 0.223 e. The molecule has 2 fully saturated rings. The molecule has 1 amide bonds. The number of hydrogen-bond donors (Lipinski definition) is 2. The summed E-state index contributed by atoms with van der Waals surface area (Å²) < 4.78 is 1.74. The zero-order valence-electron chi connectivity index (χ0n) is 15.6. The molecule has 1 heterocycles. The Hall–Kier alpha value is -1.92. The van der Waals surface area contributed by atoms with Gasteiger partial charge in [0.25, 0.3) is 0 Å². The van der Waals surface area contributed by atoms with Crippen LogP contribution in [0.3, 0.4) is 0 Å². The van der Waals surface area contributed by atoms with E-state index < -0.39 is 0 Å². The summed E-state index contributed by atoms with van der Waals surface area (Å²) >= 11 is 0. The fourth-order valence-corrected chi connectivity index (χ4v) is 4.59. The molecule has 1 aromatic heterocycles. The van der Waals surface area contributed by atoms with E-state index in [1.54, 1.807) is 4.68 Å². The van der Waals surface area contributed by atoms with Gasteiger partial charge in [-0.2, -0.15) is 0 Å². The highest BCUT2D eigenvalue weighted by molar-refractivity contribution is 5.85. The number of amides is 1. The Morgan fingerprint density at radius 3 is 2.56 bits per heavy atom. The maximum atomic E-state index is 12.8. The van der Waals surface area contributed by atoms with E-state index in [2.05, 4.69) is 15.6 Å². The molecular weight excluding hydrogens is 362 g/mol. The maximum absolute atomic E-state index is 12.8. The smallest absolute Gasteiger partial charge is 0.223 e. The van der Waals surface area contributed by atoms with Gasteiger partial charge in [-0.15, -0.1) is 17.5 Å². The van der Waals surface area contributed by atoms with Crippen molar-refractivity contribution in [3.8, 4) is 5.69 Å². The Morgan fingerprint density at radius 1 is 1.22 bits per heavy atom. The summed E-state index contributed by atoms with van der Waals surface area (Å²) in [6.07, 6.45) is 7.33. The zero-order chi connectivity index (χ0) is 18.1. The predicted octanol–water partition coefficient (Wildman–Crippen LogP) is 3.02. The van der Waals surface area contributed by atoms with Crippen molar-refractivity contribution in [2.75, 3.05) is 0 Å². The molecule has 3 atom stereocenters. The van der Waals surface area contributed by atoms with E-state index in [1.165, 1.54) is 19.3 Å². The lowest BCUT2D eigenvalue weighted by Gasteiger charge is -2.43. The van der Waals surface area contributed by atoms with Crippen molar-refractivity contribution in [3.05, 3.63) is 42.2 Å². The van der Waals surface area contributed by atoms with Crippen molar-refractivity contribution < 1.29 is 4.79 Å². The van der Waals surface area contributed by atoms with Crippen molar-refractivity contribution in [1.29, 1.82) is 0 Å². The molecule has 7 heteroatoms. The molecule has 0 radical (unpaired) electrons. The van der Waals surface area contributed by atoms with Crippen molar-refractivity contribution in [1.82, 2.24) is 20.3 Å². The number of para-hydroxylation sites is 1. The summed E-state index contributed by atoms with van der Waals surface area (Å²) in [5, 5.41) is 11.6. The molecule has 3 N–H and O–H groups in total. The number of carbonyl (C=O) groups is 1. The number of nitrogens with one attached hydrogen (secondary N) is 1. The molecule has 3 unspecified atom stereocenters. The minimum absolute atomic E-state index is 0. The quantitative estimate of drug-likeness (QED) is 0.841. The average Bonchev–Trinajstić information content (AvgIpc) is 3.12. The van der Waals surface area contributed by atoms with Crippen LogP contribution < -0.4 is 11.1 Å². The van der Waals surface area contributed by atoms with Gasteiger partial charge < -0.3 is 11.1 Å². The SMILES string of the molecule is CC(NC(=O)C1CC2CCCC(C1)C2N)c1cn(-c2ccccc2)nn1.Cl. The molecule has 0 aliphatic heterocycles. The van der Waals surface area contributed by atoms with Crippen molar-refractivity contribution in [2.24, 2.45) is 23.5 Å². The molecule has 27 heavy (non-hydrogen) atoms. The van der Waals surface area contributed by atoms with Crippen LogP contribution in [0.1, 0.15) is 50.8 Å². The third-order valence-corrected chi connectivity index (χ3v) is 6.12. The highest BCUT2D eigenvalue weighted by Crippen LogP contribution is 2.42. The summed E-state index contributed by atoms with van der Waals surface area (Å²) in [6.45, 7) is 1.96. The number of hydrogen-bond acceptors (Lipinski definition) is 4. The predicted molar refractivity (Wildman–Crippen MR) is 107 cm³/mol. The number of fused-ring (bicyclic) bond motifs is 2. The van der Waals surface area contributed by atoms with Crippen LogP contribution in [0, 0.1) is 17.8 Å². The van der Waals surface area contributed by atoms with Gasteiger partial charge in [-0.1, -0.05) is 29.8 Å². The fourth-order valence-electron chi connectivity index (χ4n) is 4.59. The summed E-state index contributed by atoms with van der Waals surface area (Å²) in [7, 11) is 0. The molecule has 6 nitrogen and oxygen atoms in total. The van der Waals surface area contributed by atoms with Crippen LogP contribution in [-0.2, 0) is 4.79 Å². The van der Waals surface area contributed by atoms with Crippen molar-refractivity contribution in [3.63, 3.8) is 0 Å². The Bertz CT molecular complexity index is 751. The minimum atomic E-state index is -0.157. The van der Waals surface area contributed by atoms with E-state index in [-0.39, 0.29) is 36.3 Å². The first-order chi connectivity index (χ1) is 12.6. The van der Waals surface area contributed by atoms with Gasteiger partial charge in [0.15, 0.2) is 0 Å². The first-order valence-electron chi connectivity index (χ1n) is 9.65. The van der Waals surface area contributed by atoms with E-state index in [0.717, 1.165) is 24.2 Å². The van der Waals surface area contributed by atoms with Gasteiger partial charge in [0.05, 0.1) is 17.9 Å². The molecule has 1 aromatic carbocycles. The zero-order valence-corrected chi connectivity index (χ0v) is 16.4. The second-order valence-corrected chi connectivity index (χ2v) is 7.85. The third-order valence-electron chi connectivity index (χ3n) is 6.12. The standard InChI is InChI=1S/C20H27N5O.ClH/c1-13(18-12-25(24-23-18)17-8-3-2-4-9-17)22-20(26)16-10-14-6-5-7-15(11-16)19(14)21;/h2-4,8-9,12-16,19H,5-7,10-11,21H2,1H3,(H,22,26);1H. The van der Waals surface area contributed by atoms with Crippen LogP contribution in [0.25, 0.3) is 5.69 Å². The van der Waals surface area contributed by atoms with E-state index in [9.17, 15) is 4.79 Å². The van der Waals surface area contributed by atoms with Gasteiger partial charge in [-0.05, 0) is 56.6 Å². The molecule has 2 aliphatic rings. The lowest BCUT2D eigenvalue weighted by atomic mass is 9.65. The second-order valence-electron chi connectivity index (χ2n) is 7.85. The van der Waals surface area contributed by atoms with Crippen LogP contribution >= 0.6 is 12.4 Å². The summed E-state index contributed by atoms with van der Waals surface area (Å²) in [5.41, 5.74) is 8.07. The van der Waals surface area contributed by atoms with Gasteiger partial charge in [-0.3, -0.25) is 4.79 Å². The van der Waals surface area contributed by atoms with Crippen molar-refractivity contribution >= 4 is 18.3 Å². The van der Waals surface area contributed by atoms with Crippen LogP contribution in [-0.4, -0.2) is 26.9 Å². The fraction of sp³-hybridized carbons (Fsp3) is 0.550. The number of benzene rings is 1. The minimum Gasteiger partial charge on any atom is -0.348 e. The Morgan fingerprint density at radius 2 is 1.89 bits per heavy atom. The van der Waals surface area contributed by atoms with E-state index in [0.29, 0.717) is 11.8 Å².